The number of guanidine groups is 1. The van der Waals surface area contributed by atoms with Crippen LogP contribution in [-0.2, 0) is 11.2 Å². The van der Waals surface area contributed by atoms with Crippen LogP contribution in [-0.4, -0.2) is 37.6 Å². The topological polar surface area (TPSA) is 88.7 Å². The van der Waals surface area contributed by atoms with Crippen LogP contribution in [0.2, 0.25) is 0 Å². The SMILES string of the molecule is CCCCCCCCN=C(N)NCCc1ccc(OCC(=O)NC2CC2)cc1. The van der Waals surface area contributed by atoms with E-state index in [0.717, 1.165) is 38.8 Å². The number of carbonyl (C=O) groups is 1. The van der Waals surface area contributed by atoms with Crippen LogP contribution in [0, 0.1) is 0 Å². The maximum atomic E-state index is 11.6. The number of nitrogens with zero attached hydrogens (tertiary/aromatic N) is 1. The lowest BCUT2D eigenvalue weighted by atomic mass is 10.1. The molecule has 0 aromatic heterocycles. The van der Waals surface area contributed by atoms with E-state index in [1.807, 2.05) is 24.3 Å². The molecule has 1 amide bonds. The van der Waals surface area contributed by atoms with Gasteiger partial charge in [0.1, 0.15) is 5.75 Å². The van der Waals surface area contributed by atoms with E-state index < -0.39 is 0 Å². The van der Waals surface area contributed by atoms with Gasteiger partial charge in [0, 0.05) is 19.1 Å². The highest BCUT2D eigenvalue weighted by atomic mass is 16.5. The summed E-state index contributed by atoms with van der Waals surface area (Å²) in [6.45, 7) is 3.85. The van der Waals surface area contributed by atoms with Crippen LogP contribution in [0.25, 0.3) is 0 Å². The van der Waals surface area contributed by atoms with Gasteiger partial charge in [-0.05, 0) is 43.4 Å². The van der Waals surface area contributed by atoms with E-state index in [0.29, 0.717) is 17.8 Å². The molecule has 0 heterocycles. The average Bonchev–Trinajstić information content (AvgIpc) is 3.50. The Bertz CT molecular complexity index is 597. The second kappa shape index (κ2) is 13.0. The number of carbonyl (C=O) groups excluding carboxylic acids is 1. The lowest BCUT2D eigenvalue weighted by Crippen LogP contribution is -2.33. The first-order valence-corrected chi connectivity index (χ1v) is 10.7. The summed E-state index contributed by atoms with van der Waals surface area (Å²) in [5, 5.41) is 6.07. The number of nitrogens with one attached hydrogen (secondary N) is 2. The number of aliphatic imine (C=N–C) groups is 1. The molecule has 0 aliphatic heterocycles. The lowest BCUT2D eigenvalue weighted by Gasteiger charge is -2.08. The van der Waals surface area contributed by atoms with Crippen molar-refractivity contribution in [2.24, 2.45) is 10.7 Å². The minimum atomic E-state index is -0.0495. The normalized spacial score (nSPS) is 14.0. The van der Waals surface area contributed by atoms with Gasteiger partial charge >= 0.3 is 0 Å². The molecule has 156 valence electrons. The Morgan fingerprint density at radius 2 is 1.86 bits per heavy atom. The molecular weight excluding hydrogens is 352 g/mol. The van der Waals surface area contributed by atoms with Gasteiger partial charge in [-0.1, -0.05) is 51.2 Å². The Morgan fingerprint density at radius 3 is 2.57 bits per heavy atom. The molecule has 1 aliphatic carbocycles. The number of unbranched alkanes of at least 4 members (excludes halogenated alkanes) is 5. The van der Waals surface area contributed by atoms with Crippen molar-refractivity contribution in [3.05, 3.63) is 29.8 Å². The van der Waals surface area contributed by atoms with Crippen molar-refractivity contribution in [3.63, 3.8) is 0 Å². The predicted octanol–water partition coefficient (Wildman–Crippen LogP) is 3.15. The number of amides is 1. The van der Waals surface area contributed by atoms with Crippen molar-refractivity contribution in [1.82, 2.24) is 10.6 Å². The van der Waals surface area contributed by atoms with Gasteiger partial charge in [-0.25, -0.2) is 0 Å². The molecule has 0 spiro atoms. The fourth-order valence-corrected chi connectivity index (χ4v) is 2.88. The highest BCUT2D eigenvalue weighted by molar-refractivity contribution is 5.78. The second-order valence-electron chi connectivity index (χ2n) is 7.49. The molecule has 1 aromatic carbocycles. The van der Waals surface area contributed by atoms with Crippen LogP contribution in [0.4, 0.5) is 0 Å². The van der Waals surface area contributed by atoms with Crippen LogP contribution in [0.3, 0.4) is 0 Å². The Balaban J connectivity index is 1.54. The van der Waals surface area contributed by atoms with Crippen molar-refractivity contribution in [3.8, 4) is 5.75 Å². The molecule has 0 atom stereocenters. The maximum Gasteiger partial charge on any atom is 0.258 e. The van der Waals surface area contributed by atoms with Gasteiger partial charge in [-0.2, -0.15) is 0 Å². The third kappa shape index (κ3) is 10.2. The summed E-state index contributed by atoms with van der Waals surface area (Å²) in [5.41, 5.74) is 7.10. The second-order valence-corrected chi connectivity index (χ2v) is 7.49. The van der Waals surface area contributed by atoms with Crippen LogP contribution in [0.15, 0.2) is 29.3 Å². The smallest absolute Gasteiger partial charge is 0.258 e. The summed E-state index contributed by atoms with van der Waals surface area (Å²) >= 11 is 0. The number of ether oxygens (including phenoxy) is 1. The van der Waals surface area contributed by atoms with Gasteiger partial charge in [0.15, 0.2) is 12.6 Å². The van der Waals surface area contributed by atoms with Gasteiger partial charge in [0.25, 0.3) is 5.91 Å². The van der Waals surface area contributed by atoms with E-state index >= 15 is 0 Å². The molecule has 6 nitrogen and oxygen atoms in total. The zero-order valence-corrected chi connectivity index (χ0v) is 17.2. The quantitative estimate of drug-likeness (QED) is 0.259. The monoisotopic (exact) mass is 388 g/mol. The molecular formula is C22H36N4O2. The standard InChI is InChI=1S/C22H36N4O2/c1-2-3-4-5-6-7-15-24-22(23)25-16-14-18-8-12-20(13-9-18)28-17-21(27)26-19-10-11-19/h8-9,12-13,19H,2-7,10-11,14-17H2,1H3,(H,26,27)(H3,23,24,25). The zero-order valence-electron chi connectivity index (χ0n) is 17.2. The van der Waals surface area contributed by atoms with Crippen LogP contribution >= 0.6 is 0 Å². The molecule has 1 saturated carbocycles. The highest BCUT2D eigenvalue weighted by Crippen LogP contribution is 2.18. The molecule has 0 unspecified atom stereocenters. The first-order valence-electron chi connectivity index (χ1n) is 10.7. The van der Waals surface area contributed by atoms with Crippen LogP contribution in [0.1, 0.15) is 63.9 Å². The summed E-state index contributed by atoms with van der Waals surface area (Å²) in [7, 11) is 0. The third-order valence-electron chi connectivity index (χ3n) is 4.75. The Labute approximate surface area is 169 Å². The van der Waals surface area contributed by atoms with Gasteiger partial charge in [-0.3, -0.25) is 9.79 Å². The number of rotatable bonds is 14. The van der Waals surface area contributed by atoms with Crippen molar-refractivity contribution in [1.29, 1.82) is 0 Å². The minimum absolute atomic E-state index is 0.0495. The fourth-order valence-electron chi connectivity index (χ4n) is 2.88. The van der Waals surface area contributed by atoms with E-state index in [-0.39, 0.29) is 12.5 Å². The summed E-state index contributed by atoms with van der Waals surface area (Å²) < 4.78 is 5.51. The molecule has 0 radical (unpaired) electrons. The number of hydrogen-bond donors (Lipinski definition) is 3. The fraction of sp³-hybridized carbons (Fsp3) is 0.636. The molecule has 1 aromatic rings. The van der Waals surface area contributed by atoms with Crippen LogP contribution in [0.5, 0.6) is 5.75 Å². The zero-order chi connectivity index (χ0) is 20.0. The Morgan fingerprint density at radius 1 is 1.14 bits per heavy atom. The highest BCUT2D eigenvalue weighted by Gasteiger charge is 2.23. The van der Waals surface area contributed by atoms with E-state index in [9.17, 15) is 4.79 Å². The summed E-state index contributed by atoms with van der Waals surface area (Å²) in [5.74, 6) is 1.18. The first kappa shape index (κ1) is 22.1. The van der Waals surface area contributed by atoms with Crippen LogP contribution < -0.4 is 21.1 Å². The molecule has 1 aliphatic rings. The molecule has 6 heteroatoms. The molecule has 0 bridgehead atoms. The van der Waals surface area contributed by atoms with Crippen molar-refractivity contribution in [2.75, 3.05) is 19.7 Å². The molecule has 0 saturated heterocycles. The number of benzene rings is 1. The summed E-state index contributed by atoms with van der Waals surface area (Å²) in [4.78, 5) is 16.0. The average molecular weight is 389 g/mol. The summed E-state index contributed by atoms with van der Waals surface area (Å²) in [6.07, 6.45) is 10.6. The van der Waals surface area contributed by atoms with E-state index in [1.165, 1.54) is 37.7 Å². The maximum absolute atomic E-state index is 11.6. The first-order chi connectivity index (χ1) is 13.7. The van der Waals surface area contributed by atoms with Crippen molar-refractivity contribution in [2.45, 2.75) is 70.8 Å². The van der Waals surface area contributed by atoms with Gasteiger partial charge in [0.05, 0.1) is 0 Å². The van der Waals surface area contributed by atoms with E-state index in [2.05, 4.69) is 22.5 Å². The van der Waals surface area contributed by atoms with Crippen molar-refractivity contribution >= 4 is 11.9 Å². The van der Waals surface area contributed by atoms with Gasteiger partial charge in [-0.15, -0.1) is 0 Å². The van der Waals surface area contributed by atoms with Gasteiger partial charge < -0.3 is 21.1 Å². The molecule has 4 N–H and O–H groups in total. The molecule has 28 heavy (non-hydrogen) atoms. The lowest BCUT2D eigenvalue weighted by molar-refractivity contribution is -0.123. The number of nitrogens with two attached hydrogens (primary N) is 1. The minimum Gasteiger partial charge on any atom is -0.484 e. The van der Waals surface area contributed by atoms with E-state index in [4.69, 9.17) is 10.5 Å². The van der Waals surface area contributed by atoms with E-state index in [1.54, 1.807) is 0 Å². The Kier molecular flexibility index (Phi) is 10.3. The predicted molar refractivity (Wildman–Crippen MR) is 115 cm³/mol. The third-order valence-corrected chi connectivity index (χ3v) is 4.75. The number of hydrogen-bond acceptors (Lipinski definition) is 3. The largest absolute Gasteiger partial charge is 0.484 e. The molecule has 2 rings (SSSR count). The Hall–Kier alpha value is -2.24. The van der Waals surface area contributed by atoms with Crippen molar-refractivity contribution < 1.29 is 9.53 Å². The summed E-state index contributed by atoms with van der Waals surface area (Å²) in [6, 6.07) is 8.19. The van der Waals surface area contributed by atoms with Gasteiger partial charge in [0.2, 0.25) is 0 Å². The molecule has 1 fully saturated rings.